The minimum absolute atomic E-state index is 0.00874. The first kappa shape index (κ1) is 17.0. The fourth-order valence-corrected chi connectivity index (χ4v) is 5.18. The number of fused-ring (bicyclic) bond motifs is 1. The Labute approximate surface area is 168 Å². The maximum atomic E-state index is 11.0. The van der Waals surface area contributed by atoms with Gasteiger partial charge in [-0.1, -0.05) is 39.4 Å². The molecule has 138 valence electrons. The van der Waals surface area contributed by atoms with Gasteiger partial charge in [-0.15, -0.1) is 5.10 Å². The van der Waals surface area contributed by atoms with E-state index in [4.69, 9.17) is 4.42 Å². The van der Waals surface area contributed by atoms with Gasteiger partial charge in [0.15, 0.2) is 5.76 Å². The fraction of sp³-hybridized carbons (Fsp3) is 0.263. The van der Waals surface area contributed by atoms with E-state index in [-0.39, 0.29) is 11.9 Å². The number of hydrogen-bond acceptors (Lipinski definition) is 6. The molecule has 1 atom stereocenters. The molecule has 1 saturated heterocycles. The Morgan fingerprint density at radius 3 is 2.74 bits per heavy atom. The van der Waals surface area contributed by atoms with Gasteiger partial charge < -0.3 is 9.52 Å². The van der Waals surface area contributed by atoms with Crippen LogP contribution in [0.3, 0.4) is 0 Å². The molecule has 1 aliphatic rings. The molecule has 1 fully saturated rings. The minimum Gasteiger partial charge on any atom is -0.492 e. The molecule has 5 rings (SSSR count). The van der Waals surface area contributed by atoms with Crippen LogP contribution >= 0.6 is 27.3 Å². The van der Waals surface area contributed by atoms with E-state index in [2.05, 4.69) is 43.0 Å². The van der Waals surface area contributed by atoms with Crippen LogP contribution in [0.25, 0.3) is 16.5 Å². The van der Waals surface area contributed by atoms with Gasteiger partial charge in [-0.2, -0.15) is 9.50 Å². The lowest BCUT2D eigenvalue weighted by molar-refractivity contribution is 0.277. The first-order chi connectivity index (χ1) is 13.2. The van der Waals surface area contributed by atoms with E-state index in [1.807, 2.05) is 18.2 Å². The smallest absolute Gasteiger partial charge is 0.230 e. The molecule has 1 aliphatic heterocycles. The fourth-order valence-electron chi connectivity index (χ4n) is 3.64. The molecule has 4 heterocycles. The monoisotopic (exact) mass is 444 g/mol. The van der Waals surface area contributed by atoms with E-state index >= 15 is 0 Å². The van der Waals surface area contributed by atoms with Crippen molar-refractivity contribution in [2.45, 2.75) is 18.9 Å². The molecule has 1 N–H and O–H groups in total. The molecule has 3 aromatic heterocycles. The van der Waals surface area contributed by atoms with Crippen LogP contribution in [0.1, 0.15) is 29.3 Å². The van der Waals surface area contributed by atoms with Crippen molar-refractivity contribution in [3.05, 3.63) is 57.6 Å². The Hall–Kier alpha value is -2.16. The zero-order valence-corrected chi connectivity index (χ0v) is 16.8. The van der Waals surface area contributed by atoms with Gasteiger partial charge in [0.25, 0.3) is 0 Å². The number of hydrogen-bond donors (Lipinski definition) is 1. The zero-order chi connectivity index (χ0) is 18.4. The summed E-state index contributed by atoms with van der Waals surface area (Å²) >= 11 is 5.05. The van der Waals surface area contributed by atoms with E-state index in [1.165, 1.54) is 28.7 Å². The van der Waals surface area contributed by atoms with Crippen LogP contribution < -0.4 is 0 Å². The number of rotatable bonds is 4. The zero-order valence-electron chi connectivity index (χ0n) is 14.4. The third-order valence-corrected chi connectivity index (χ3v) is 6.43. The number of likely N-dealkylation sites (tertiary alicyclic amines) is 1. The highest BCUT2D eigenvalue weighted by atomic mass is 79.9. The van der Waals surface area contributed by atoms with Crippen LogP contribution in [-0.4, -0.2) is 37.7 Å². The van der Waals surface area contributed by atoms with E-state index in [0.717, 1.165) is 28.0 Å². The SMILES string of the molecule is Oc1c(C(c2cccc(Br)c2)N2CCCC2)sc2nc(-c3ccco3)nn12. The number of halogens is 1. The molecule has 0 radical (unpaired) electrons. The van der Waals surface area contributed by atoms with Gasteiger partial charge in [-0.25, -0.2) is 0 Å². The van der Waals surface area contributed by atoms with Crippen molar-refractivity contribution < 1.29 is 9.52 Å². The van der Waals surface area contributed by atoms with Gasteiger partial charge in [-0.3, -0.25) is 4.90 Å². The Morgan fingerprint density at radius 2 is 2.04 bits per heavy atom. The molecule has 0 saturated carbocycles. The highest BCUT2D eigenvalue weighted by Gasteiger charge is 2.31. The summed E-state index contributed by atoms with van der Waals surface area (Å²) in [5.74, 6) is 1.22. The molecule has 1 aromatic carbocycles. The lowest BCUT2D eigenvalue weighted by atomic mass is 10.0. The average Bonchev–Trinajstić information content (AvgIpc) is 3.42. The Bertz CT molecular complexity index is 1080. The second kappa shape index (κ2) is 6.78. The van der Waals surface area contributed by atoms with Gasteiger partial charge in [-0.05, 0) is 55.8 Å². The quantitative estimate of drug-likeness (QED) is 0.493. The van der Waals surface area contributed by atoms with Gasteiger partial charge in [0.2, 0.25) is 16.7 Å². The van der Waals surface area contributed by atoms with E-state index in [9.17, 15) is 5.11 Å². The molecule has 0 bridgehead atoms. The summed E-state index contributed by atoms with van der Waals surface area (Å²) in [5.41, 5.74) is 1.15. The van der Waals surface area contributed by atoms with Crippen LogP contribution in [0.15, 0.2) is 51.6 Å². The van der Waals surface area contributed by atoms with Crippen LogP contribution in [-0.2, 0) is 0 Å². The molecule has 6 nitrogen and oxygen atoms in total. The van der Waals surface area contributed by atoms with Gasteiger partial charge >= 0.3 is 0 Å². The molecule has 4 aromatic rings. The predicted molar refractivity (Wildman–Crippen MR) is 107 cm³/mol. The maximum absolute atomic E-state index is 11.0. The maximum Gasteiger partial charge on any atom is 0.230 e. The van der Waals surface area contributed by atoms with E-state index in [1.54, 1.807) is 12.3 Å². The third-order valence-electron chi connectivity index (χ3n) is 4.86. The summed E-state index contributed by atoms with van der Waals surface area (Å²) < 4.78 is 7.91. The van der Waals surface area contributed by atoms with Gasteiger partial charge in [0.05, 0.1) is 17.2 Å². The molecule has 0 aliphatic carbocycles. The lowest BCUT2D eigenvalue weighted by Gasteiger charge is -2.27. The van der Waals surface area contributed by atoms with Crippen LogP contribution in [0, 0.1) is 0 Å². The largest absolute Gasteiger partial charge is 0.492 e. The topological polar surface area (TPSA) is 66.8 Å². The van der Waals surface area contributed by atoms with E-state index < -0.39 is 0 Å². The van der Waals surface area contributed by atoms with Gasteiger partial charge in [0, 0.05) is 4.47 Å². The highest BCUT2D eigenvalue weighted by molar-refractivity contribution is 9.10. The lowest BCUT2D eigenvalue weighted by Crippen LogP contribution is -2.26. The van der Waals surface area contributed by atoms with Gasteiger partial charge in [0.1, 0.15) is 0 Å². The molecular formula is C19H17BrN4O2S. The van der Waals surface area contributed by atoms with Crippen molar-refractivity contribution >= 4 is 32.2 Å². The number of aromatic nitrogens is 3. The average molecular weight is 445 g/mol. The van der Waals surface area contributed by atoms with Crippen molar-refractivity contribution in [2.75, 3.05) is 13.1 Å². The number of thiazole rings is 1. The summed E-state index contributed by atoms with van der Waals surface area (Å²) in [5, 5.41) is 15.4. The summed E-state index contributed by atoms with van der Waals surface area (Å²) in [6.45, 7) is 2.03. The van der Waals surface area contributed by atoms with Crippen molar-refractivity contribution in [2.24, 2.45) is 0 Å². The third kappa shape index (κ3) is 2.97. The van der Waals surface area contributed by atoms with E-state index in [0.29, 0.717) is 16.5 Å². The standard InChI is InChI=1S/C19H17BrN4O2S/c20-13-6-3-5-12(11-13)15(23-8-1-2-9-23)16-18(25)24-19(27-16)21-17(22-24)14-7-4-10-26-14/h3-7,10-11,15,25H,1-2,8-9H2. The first-order valence-electron chi connectivity index (χ1n) is 8.82. The second-order valence-electron chi connectivity index (χ2n) is 6.60. The number of aromatic hydroxyl groups is 1. The molecule has 27 heavy (non-hydrogen) atoms. The molecule has 0 amide bonds. The normalized spacial score (nSPS) is 16.3. The Balaban J connectivity index is 1.62. The summed E-state index contributed by atoms with van der Waals surface area (Å²) in [6, 6.07) is 11.9. The number of nitrogens with zero attached hydrogens (tertiary/aromatic N) is 4. The summed E-state index contributed by atoms with van der Waals surface area (Å²) in [4.78, 5) is 8.49. The second-order valence-corrected chi connectivity index (χ2v) is 8.52. The molecule has 0 spiro atoms. The summed E-state index contributed by atoms with van der Waals surface area (Å²) in [6.07, 6.45) is 3.94. The van der Waals surface area contributed by atoms with Crippen molar-refractivity contribution in [3.8, 4) is 17.5 Å². The van der Waals surface area contributed by atoms with Crippen molar-refractivity contribution in [3.63, 3.8) is 0 Å². The van der Waals surface area contributed by atoms with Crippen LogP contribution in [0.5, 0.6) is 5.88 Å². The summed E-state index contributed by atoms with van der Waals surface area (Å²) in [7, 11) is 0. The molecule has 8 heteroatoms. The molecule has 1 unspecified atom stereocenters. The number of benzene rings is 1. The molecular weight excluding hydrogens is 428 g/mol. The minimum atomic E-state index is -0.00874. The predicted octanol–water partition coefficient (Wildman–Crippen LogP) is 4.70. The Kier molecular flexibility index (Phi) is 4.26. The number of furan rings is 1. The van der Waals surface area contributed by atoms with Crippen LogP contribution in [0.2, 0.25) is 0 Å². The first-order valence-corrected chi connectivity index (χ1v) is 10.4. The highest BCUT2D eigenvalue weighted by Crippen LogP contribution is 2.42. The van der Waals surface area contributed by atoms with Crippen molar-refractivity contribution in [1.82, 2.24) is 19.5 Å². The van der Waals surface area contributed by atoms with Crippen LogP contribution in [0.4, 0.5) is 0 Å². The Morgan fingerprint density at radius 1 is 1.19 bits per heavy atom. The van der Waals surface area contributed by atoms with Crippen molar-refractivity contribution in [1.29, 1.82) is 0 Å².